The lowest BCUT2D eigenvalue weighted by atomic mass is 9.85. The Morgan fingerprint density at radius 3 is 2.42 bits per heavy atom. The van der Waals surface area contributed by atoms with E-state index >= 15 is 0 Å². The van der Waals surface area contributed by atoms with Crippen LogP contribution in [0.2, 0.25) is 0 Å². The number of rotatable bonds is 2. The second-order valence-electron chi connectivity index (χ2n) is 3.34. The standard InChI is InChI=1S/C9H15O3/c1-12-9(11)8(10)7-5-3-2-4-6-7/h7-8H,2-6H2,1H3. The molecule has 1 saturated carbocycles. The second-order valence-corrected chi connectivity index (χ2v) is 3.34. The highest BCUT2D eigenvalue weighted by atomic mass is 16.5. The summed E-state index contributed by atoms with van der Waals surface area (Å²) in [4.78, 5) is 10.9. The lowest BCUT2D eigenvalue weighted by Crippen LogP contribution is -2.30. The fourth-order valence-corrected chi connectivity index (χ4v) is 1.75. The highest BCUT2D eigenvalue weighted by molar-refractivity contribution is 5.74. The van der Waals surface area contributed by atoms with Gasteiger partial charge in [-0.15, -0.1) is 0 Å². The van der Waals surface area contributed by atoms with Gasteiger partial charge in [0.1, 0.15) is 0 Å². The van der Waals surface area contributed by atoms with E-state index in [-0.39, 0.29) is 5.92 Å². The quantitative estimate of drug-likeness (QED) is 0.591. The van der Waals surface area contributed by atoms with Gasteiger partial charge in [0.25, 0.3) is 0 Å². The van der Waals surface area contributed by atoms with E-state index in [1.165, 1.54) is 13.5 Å². The van der Waals surface area contributed by atoms with E-state index in [0.29, 0.717) is 0 Å². The number of carbonyl (C=O) groups is 1. The van der Waals surface area contributed by atoms with Crippen molar-refractivity contribution in [3.8, 4) is 0 Å². The van der Waals surface area contributed by atoms with Crippen molar-refractivity contribution in [2.45, 2.75) is 38.2 Å². The molecule has 12 heavy (non-hydrogen) atoms. The maximum absolute atomic E-state index is 11.3. The molecular weight excluding hydrogens is 156 g/mol. The van der Waals surface area contributed by atoms with Gasteiger partial charge in [-0.3, -0.25) is 0 Å². The van der Waals surface area contributed by atoms with Gasteiger partial charge in [-0.1, -0.05) is 19.3 Å². The largest absolute Gasteiger partial charge is 0.467 e. The Bertz CT molecular complexity index is 150. The monoisotopic (exact) mass is 171 g/mol. The first-order valence-electron chi connectivity index (χ1n) is 4.49. The highest BCUT2D eigenvalue weighted by Gasteiger charge is 2.29. The van der Waals surface area contributed by atoms with Crippen LogP contribution >= 0.6 is 0 Å². The van der Waals surface area contributed by atoms with Gasteiger partial charge in [0, 0.05) is 0 Å². The van der Waals surface area contributed by atoms with Crippen LogP contribution in [0.1, 0.15) is 32.1 Å². The summed E-state index contributed by atoms with van der Waals surface area (Å²) in [6.07, 6.45) is 4.01. The molecule has 0 N–H and O–H groups in total. The number of methoxy groups -OCH3 is 1. The van der Waals surface area contributed by atoms with Crippen molar-refractivity contribution in [2.75, 3.05) is 7.11 Å². The van der Waals surface area contributed by atoms with E-state index in [9.17, 15) is 9.90 Å². The van der Waals surface area contributed by atoms with Crippen molar-refractivity contribution < 1.29 is 14.6 Å². The van der Waals surface area contributed by atoms with Crippen molar-refractivity contribution >= 4 is 5.97 Å². The van der Waals surface area contributed by atoms with E-state index < -0.39 is 12.1 Å². The smallest absolute Gasteiger partial charge is 0.338 e. The van der Waals surface area contributed by atoms with Crippen molar-refractivity contribution in [3.63, 3.8) is 0 Å². The Kier molecular flexibility index (Phi) is 3.53. The van der Waals surface area contributed by atoms with Crippen LogP contribution in [0.5, 0.6) is 0 Å². The average molecular weight is 171 g/mol. The van der Waals surface area contributed by atoms with E-state index in [1.54, 1.807) is 0 Å². The van der Waals surface area contributed by atoms with Gasteiger partial charge in [-0.2, -0.15) is 0 Å². The Balaban J connectivity index is 2.39. The third-order valence-electron chi connectivity index (χ3n) is 2.51. The Labute approximate surface area is 72.7 Å². The molecule has 1 aliphatic rings. The number of hydrogen-bond acceptors (Lipinski definition) is 2. The van der Waals surface area contributed by atoms with Gasteiger partial charge in [-0.05, 0) is 18.8 Å². The molecule has 3 heteroatoms. The maximum atomic E-state index is 11.3. The van der Waals surface area contributed by atoms with Gasteiger partial charge in [0.15, 0.2) is 6.10 Å². The van der Waals surface area contributed by atoms with Gasteiger partial charge < -0.3 is 4.74 Å². The van der Waals surface area contributed by atoms with Crippen LogP contribution in [0.4, 0.5) is 0 Å². The molecule has 0 spiro atoms. The minimum Gasteiger partial charge on any atom is -0.467 e. The van der Waals surface area contributed by atoms with E-state index in [0.717, 1.165) is 25.7 Å². The summed E-state index contributed by atoms with van der Waals surface area (Å²) in [6, 6.07) is 0. The summed E-state index contributed by atoms with van der Waals surface area (Å²) >= 11 is 0. The minimum absolute atomic E-state index is 0.0196. The number of carbonyl (C=O) groups excluding carboxylic acids is 1. The number of esters is 1. The summed E-state index contributed by atoms with van der Waals surface area (Å²) in [5.41, 5.74) is 0. The summed E-state index contributed by atoms with van der Waals surface area (Å²) in [6.45, 7) is 0. The van der Waals surface area contributed by atoms with Crippen LogP contribution in [0.25, 0.3) is 0 Å². The van der Waals surface area contributed by atoms with Crippen LogP contribution in [0.15, 0.2) is 0 Å². The molecule has 0 aromatic rings. The molecule has 1 atom stereocenters. The van der Waals surface area contributed by atoms with Gasteiger partial charge in [0.2, 0.25) is 0 Å². The maximum Gasteiger partial charge on any atom is 0.338 e. The summed E-state index contributed by atoms with van der Waals surface area (Å²) in [5.74, 6) is -0.576. The van der Waals surface area contributed by atoms with Gasteiger partial charge in [0.05, 0.1) is 7.11 Å². The molecular formula is C9H15O3. The molecule has 69 valence electrons. The summed E-state index contributed by atoms with van der Waals surface area (Å²) in [7, 11) is 1.27. The van der Waals surface area contributed by atoms with Crippen LogP contribution in [0, 0.1) is 5.92 Å². The third kappa shape index (κ3) is 2.21. The van der Waals surface area contributed by atoms with Crippen LogP contribution < -0.4 is 0 Å². The molecule has 0 amide bonds. The Morgan fingerprint density at radius 2 is 1.92 bits per heavy atom. The summed E-state index contributed by atoms with van der Waals surface area (Å²) in [5, 5.41) is 11.3. The Morgan fingerprint density at radius 1 is 1.33 bits per heavy atom. The zero-order valence-electron chi connectivity index (χ0n) is 7.41. The molecule has 0 bridgehead atoms. The van der Waals surface area contributed by atoms with E-state index in [2.05, 4.69) is 4.74 Å². The van der Waals surface area contributed by atoms with Crippen molar-refractivity contribution in [1.82, 2.24) is 0 Å². The van der Waals surface area contributed by atoms with Crippen molar-refractivity contribution in [2.24, 2.45) is 5.92 Å². The third-order valence-corrected chi connectivity index (χ3v) is 2.51. The zero-order valence-corrected chi connectivity index (χ0v) is 7.41. The molecule has 0 aromatic carbocycles. The SMILES string of the molecule is COC(=O)C([O])C1CCCCC1. The summed E-state index contributed by atoms with van der Waals surface area (Å²) < 4.78 is 4.41. The van der Waals surface area contributed by atoms with Crippen LogP contribution in [-0.2, 0) is 14.6 Å². The molecule has 0 heterocycles. The van der Waals surface area contributed by atoms with E-state index in [4.69, 9.17) is 0 Å². The van der Waals surface area contributed by atoms with Crippen molar-refractivity contribution in [1.29, 1.82) is 0 Å². The predicted molar refractivity (Wildman–Crippen MR) is 43.1 cm³/mol. The lowest BCUT2D eigenvalue weighted by Gasteiger charge is -2.23. The second kappa shape index (κ2) is 4.45. The first-order chi connectivity index (χ1) is 5.75. The molecule has 0 aliphatic heterocycles. The first-order valence-corrected chi connectivity index (χ1v) is 4.49. The predicted octanol–water partition coefficient (Wildman–Crippen LogP) is 1.54. The van der Waals surface area contributed by atoms with Gasteiger partial charge in [-0.25, -0.2) is 9.90 Å². The molecule has 1 aliphatic carbocycles. The van der Waals surface area contributed by atoms with E-state index in [1.807, 2.05) is 0 Å². The fourth-order valence-electron chi connectivity index (χ4n) is 1.75. The van der Waals surface area contributed by atoms with Crippen LogP contribution in [-0.4, -0.2) is 19.2 Å². The van der Waals surface area contributed by atoms with Gasteiger partial charge >= 0.3 is 5.97 Å². The van der Waals surface area contributed by atoms with Crippen LogP contribution in [0.3, 0.4) is 0 Å². The minimum atomic E-state index is -1.14. The average Bonchev–Trinajstić information content (AvgIpc) is 2.17. The molecule has 1 fully saturated rings. The first kappa shape index (κ1) is 9.52. The number of hydrogen-bond donors (Lipinski definition) is 0. The molecule has 1 unspecified atom stereocenters. The van der Waals surface area contributed by atoms with Crippen molar-refractivity contribution in [3.05, 3.63) is 0 Å². The number of ether oxygens (including phenoxy) is 1. The normalized spacial score (nSPS) is 21.8. The fraction of sp³-hybridized carbons (Fsp3) is 0.889. The lowest BCUT2D eigenvalue weighted by molar-refractivity contribution is -0.159. The molecule has 3 nitrogen and oxygen atoms in total. The topological polar surface area (TPSA) is 46.2 Å². The zero-order chi connectivity index (χ0) is 8.97. The molecule has 0 saturated heterocycles. The molecule has 1 radical (unpaired) electrons. The Hall–Kier alpha value is -0.570. The highest BCUT2D eigenvalue weighted by Crippen LogP contribution is 2.26. The molecule has 0 aromatic heterocycles. The molecule has 1 rings (SSSR count).